The molecule has 1 N–H and O–H groups in total. The van der Waals surface area contributed by atoms with E-state index in [1.807, 2.05) is 0 Å². The highest BCUT2D eigenvalue weighted by molar-refractivity contribution is 5.18. The van der Waals surface area contributed by atoms with Crippen LogP contribution in [-0.4, -0.2) is 31.1 Å². The van der Waals surface area contributed by atoms with Crippen LogP contribution in [0.1, 0.15) is 25.3 Å². The molecule has 106 valence electrons. The van der Waals surface area contributed by atoms with E-state index in [-0.39, 0.29) is 0 Å². The molecule has 2 rings (SSSR count). The Morgan fingerprint density at radius 2 is 2.00 bits per heavy atom. The van der Waals surface area contributed by atoms with E-state index in [0.717, 1.165) is 19.2 Å². The molecule has 2 nitrogen and oxygen atoms in total. The average Bonchev–Trinajstić information content (AvgIpc) is 2.84. The van der Waals surface area contributed by atoms with Gasteiger partial charge in [0.2, 0.25) is 0 Å². The second kappa shape index (κ2) is 6.96. The van der Waals surface area contributed by atoms with Gasteiger partial charge in [0.15, 0.2) is 0 Å². The van der Waals surface area contributed by atoms with Crippen molar-refractivity contribution in [1.82, 2.24) is 10.2 Å². The van der Waals surface area contributed by atoms with Crippen LogP contribution in [0.3, 0.4) is 0 Å². The zero-order valence-corrected chi connectivity index (χ0v) is 11.5. The van der Waals surface area contributed by atoms with Crippen molar-refractivity contribution in [3.8, 4) is 0 Å². The summed E-state index contributed by atoms with van der Waals surface area (Å²) in [6.45, 7) is 7.02. The van der Waals surface area contributed by atoms with E-state index in [2.05, 4.69) is 17.1 Å². The molecule has 0 radical (unpaired) electrons. The predicted octanol–water partition coefficient (Wildman–Crippen LogP) is 2.79. The van der Waals surface area contributed by atoms with E-state index in [4.69, 9.17) is 0 Å². The Kier molecular flexibility index (Phi) is 5.28. The van der Waals surface area contributed by atoms with Crippen molar-refractivity contribution in [3.63, 3.8) is 0 Å². The Morgan fingerprint density at radius 3 is 2.68 bits per heavy atom. The van der Waals surface area contributed by atoms with Crippen molar-refractivity contribution in [1.29, 1.82) is 0 Å². The van der Waals surface area contributed by atoms with Gasteiger partial charge in [-0.05, 0) is 44.5 Å². The predicted molar refractivity (Wildman–Crippen MR) is 72.9 cm³/mol. The summed E-state index contributed by atoms with van der Waals surface area (Å²) < 4.78 is 26.2. The minimum absolute atomic E-state index is 0.455. The normalized spacial score (nSPS) is 17.8. The molecule has 1 unspecified atom stereocenters. The van der Waals surface area contributed by atoms with Crippen molar-refractivity contribution in [2.45, 2.75) is 26.3 Å². The number of rotatable bonds is 6. The SMILES string of the molecule is CC(CNCc1ccc(F)cc1F)CN1CCCC1. The lowest BCUT2D eigenvalue weighted by Crippen LogP contribution is -2.31. The molecule has 0 aliphatic carbocycles. The summed E-state index contributed by atoms with van der Waals surface area (Å²) in [4.78, 5) is 2.48. The number of halogens is 2. The number of benzene rings is 1. The van der Waals surface area contributed by atoms with Gasteiger partial charge in [-0.2, -0.15) is 0 Å². The van der Waals surface area contributed by atoms with Crippen LogP contribution in [-0.2, 0) is 6.54 Å². The molecule has 1 aromatic rings. The Labute approximate surface area is 113 Å². The van der Waals surface area contributed by atoms with Crippen molar-refractivity contribution < 1.29 is 8.78 Å². The quantitative estimate of drug-likeness (QED) is 0.853. The highest BCUT2D eigenvalue weighted by Crippen LogP contribution is 2.11. The van der Waals surface area contributed by atoms with Gasteiger partial charge in [0, 0.05) is 24.7 Å². The molecular weight excluding hydrogens is 246 g/mol. The largest absolute Gasteiger partial charge is 0.312 e. The monoisotopic (exact) mass is 268 g/mol. The minimum Gasteiger partial charge on any atom is -0.312 e. The minimum atomic E-state index is -0.524. The van der Waals surface area contributed by atoms with Crippen molar-refractivity contribution in [2.24, 2.45) is 5.92 Å². The summed E-state index contributed by atoms with van der Waals surface area (Å²) in [5, 5.41) is 3.25. The van der Waals surface area contributed by atoms with E-state index < -0.39 is 11.6 Å². The molecule has 0 spiro atoms. The molecule has 1 fully saturated rings. The molecule has 1 aliphatic heterocycles. The highest BCUT2D eigenvalue weighted by Gasteiger charge is 2.14. The first-order chi connectivity index (χ1) is 9.15. The van der Waals surface area contributed by atoms with Crippen LogP contribution in [0, 0.1) is 17.6 Å². The molecule has 1 aromatic carbocycles. The number of hydrogen-bond acceptors (Lipinski definition) is 2. The molecular formula is C15H22F2N2. The maximum absolute atomic E-state index is 13.4. The number of likely N-dealkylation sites (tertiary alicyclic amines) is 1. The van der Waals surface area contributed by atoms with Crippen molar-refractivity contribution >= 4 is 0 Å². The van der Waals surface area contributed by atoms with Crippen LogP contribution in [0.4, 0.5) is 8.78 Å². The smallest absolute Gasteiger partial charge is 0.130 e. The Hall–Kier alpha value is -1.00. The molecule has 4 heteroatoms. The summed E-state index contributed by atoms with van der Waals surface area (Å²) in [5.41, 5.74) is 0.523. The fourth-order valence-electron chi connectivity index (χ4n) is 2.59. The van der Waals surface area contributed by atoms with E-state index in [1.54, 1.807) is 0 Å². The maximum Gasteiger partial charge on any atom is 0.130 e. The van der Waals surface area contributed by atoms with Crippen LogP contribution in [0.5, 0.6) is 0 Å². The van der Waals surface area contributed by atoms with E-state index in [9.17, 15) is 8.78 Å². The second-order valence-corrected chi connectivity index (χ2v) is 5.48. The van der Waals surface area contributed by atoms with Crippen LogP contribution < -0.4 is 5.32 Å². The molecule has 0 aromatic heterocycles. The van der Waals surface area contributed by atoms with Crippen molar-refractivity contribution in [2.75, 3.05) is 26.2 Å². The second-order valence-electron chi connectivity index (χ2n) is 5.48. The zero-order chi connectivity index (χ0) is 13.7. The van der Waals surface area contributed by atoms with Crippen LogP contribution in [0.2, 0.25) is 0 Å². The first-order valence-electron chi connectivity index (χ1n) is 7.02. The molecule has 1 atom stereocenters. The Bertz CT molecular complexity index is 403. The van der Waals surface area contributed by atoms with Gasteiger partial charge in [-0.15, -0.1) is 0 Å². The first-order valence-corrected chi connectivity index (χ1v) is 7.02. The third-order valence-electron chi connectivity index (χ3n) is 3.59. The van der Waals surface area contributed by atoms with Crippen LogP contribution >= 0.6 is 0 Å². The Morgan fingerprint density at radius 1 is 1.26 bits per heavy atom. The fraction of sp³-hybridized carbons (Fsp3) is 0.600. The van der Waals surface area contributed by atoms with Gasteiger partial charge in [-0.3, -0.25) is 0 Å². The average molecular weight is 268 g/mol. The van der Waals surface area contributed by atoms with Crippen LogP contribution in [0.25, 0.3) is 0 Å². The lowest BCUT2D eigenvalue weighted by atomic mass is 10.1. The summed E-state index contributed by atoms with van der Waals surface area (Å²) in [6, 6.07) is 3.74. The first kappa shape index (κ1) is 14.4. The Balaban J connectivity index is 1.70. The summed E-state index contributed by atoms with van der Waals surface area (Å²) in [5.74, 6) is -0.454. The van der Waals surface area contributed by atoms with Gasteiger partial charge in [-0.1, -0.05) is 13.0 Å². The standard InChI is InChI=1S/C15H22F2N2/c1-12(11-19-6-2-3-7-19)9-18-10-13-4-5-14(16)8-15(13)17/h4-5,8,12,18H,2-3,6-7,9-11H2,1H3. The third kappa shape index (κ3) is 4.55. The molecule has 0 bridgehead atoms. The third-order valence-corrected chi connectivity index (χ3v) is 3.59. The fourth-order valence-corrected chi connectivity index (χ4v) is 2.59. The molecule has 0 amide bonds. The van der Waals surface area contributed by atoms with E-state index >= 15 is 0 Å². The molecule has 1 saturated heterocycles. The topological polar surface area (TPSA) is 15.3 Å². The summed E-state index contributed by atoms with van der Waals surface area (Å²) in [7, 11) is 0. The molecule has 0 saturated carbocycles. The number of nitrogens with zero attached hydrogens (tertiary/aromatic N) is 1. The van der Waals surface area contributed by atoms with Gasteiger partial charge in [-0.25, -0.2) is 8.78 Å². The van der Waals surface area contributed by atoms with Gasteiger partial charge < -0.3 is 10.2 Å². The van der Waals surface area contributed by atoms with E-state index in [0.29, 0.717) is 18.0 Å². The number of nitrogens with one attached hydrogen (secondary N) is 1. The van der Waals surface area contributed by atoms with Gasteiger partial charge >= 0.3 is 0 Å². The number of hydrogen-bond donors (Lipinski definition) is 1. The lowest BCUT2D eigenvalue weighted by Gasteiger charge is -2.20. The molecule has 19 heavy (non-hydrogen) atoms. The summed E-state index contributed by atoms with van der Waals surface area (Å²) in [6.07, 6.45) is 2.61. The van der Waals surface area contributed by atoms with E-state index in [1.165, 1.54) is 38.1 Å². The van der Waals surface area contributed by atoms with Crippen LogP contribution in [0.15, 0.2) is 18.2 Å². The summed E-state index contributed by atoms with van der Waals surface area (Å²) >= 11 is 0. The highest BCUT2D eigenvalue weighted by atomic mass is 19.1. The van der Waals surface area contributed by atoms with Gasteiger partial charge in [0.1, 0.15) is 11.6 Å². The molecule has 1 heterocycles. The van der Waals surface area contributed by atoms with Gasteiger partial charge in [0.05, 0.1) is 0 Å². The zero-order valence-electron chi connectivity index (χ0n) is 11.5. The molecule has 1 aliphatic rings. The van der Waals surface area contributed by atoms with Crippen molar-refractivity contribution in [3.05, 3.63) is 35.4 Å². The lowest BCUT2D eigenvalue weighted by molar-refractivity contribution is 0.282. The maximum atomic E-state index is 13.4. The van der Waals surface area contributed by atoms with Gasteiger partial charge in [0.25, 0.3) is 0 Å².